The molecule has 0 bridgehead atoms. The highest BCUT2D eigenvalue weighted by molar-refractivity contribution is 9.10. The van der Waals surface area contributed by atoms with Crippen molar-refractivity contribution in [2.45, 2.75) is 19.1 Å². The van der Waals surface area contributed by atoms with Gasteiger partial charge in [-0.2, -0.15) is 0 Å². The lowest BCUT2D eigenvalue weighted by molar-refractivity contribution is -0.124. The van der Waals surface area contributed by atoms with Crippen molar-refractivity contribution in [1.82, 2.24) is 10.2 Å². The van der Waals surface area contributed by atoms with Gasteiger partial charge in [0.05, 0.1) is 25.3 Å². The Hall–Kier alpha value is -0.950. The van der Waals surface area contributed by atoms with Crippen LogP contribution in [-0.4, -0.2) is 49.7 Å². The van der Waals surface area contributed by atoms with E-state index in [0.717, 1.165) is 23.1 Å². The van der Waals surface area contributed by atoms with Crippen molar-refractivity contribution < 1.29 is 9.53 Å². The number of carbonyl (C=O) groups excluding carboxylic acids is 1. The van der Waals surface area contributed by atoms with E-state index in [4.69, 9.17) is 10.5 Å². The van der Waals surface area contributed by atoms with Gasteiger partial charge in [-0.25, -0.2) is 0 Å². The summed E-state index contributed by atoms with van der Waals surface area (Å²) in [7, 11) is 0. The lowest BCUT2D eigenvalue weighted by atomic mass is 10.1. The smallest absolute Gasteiger partial charge is 0.234 e. The van der Waals surface area contributed by atoms with E-state index in [9.17, 15) is 4.79 Å². The number of hydrogen-bond acceptors (Lipinski definition) is 4. The van der Waals surface area contributed by atoms with Gasteiger partial charge in [-0.3, -0.25) is 9.69 Å². The van der Waals surface area contributed by atoms with E-state index in [1.165, 1.54) is 0 Å². The van der Waals surface area contributed by atoms with Crippen molar-refractivity contribution in [3.8, 4) is 0 Å². The maximum atomic E-state index is 12.1. The molecule has 0 saturated carbocycles. The number of hydrogen-bond donors (Lipinski definition) is 2. The summed E-state index contributed by atoms with van der Waals surface area (Å²) in [5.41, 5.74) is 6.70. The molecule has 3 N–H and O–H groups in total. The van der Waals surface area contributed by atoms with Crippen LogP contribution in [0, 0.1) is 0 Å². The van der Waals surface area contributed by atoms with E-state index in [0.29, 0.717) is 19.7 Å². The summed E-state index contributed by atoms with van der Waals surface area (Å²) in [5, 5.41) is 3.03. The molecule has 116 valence electrons. The molecule has 1 aliphatic rings. The standard InChI is InChI=1S/C15H22BrN3O2/c1-11(12-2-4-13(16)5-3-12)18-15(20)10-19-6-7-21-14(8-17)9-19/h2-5,11,14H,6-10,17H2,1H3,(H,18,20). The summed E-state index contributed by atoms with van der Waals surface area (Å²) in [6, 6.07) is 7.97. The molecule has 2 rings (SSSR count). The first kappa shape index (κ1) is 16.4. The molecule has 6 heteroatoms. The Morgan fingerprint density at radius 2 is 2.24 bits per heavy atom. The fourth-order valence-electron chi connectivity index (χ4n) is 2.39. The average Bonchev–Trinajstić information content (AvgIpc) is 2.47. The van der Waals surface area contributed by atoms with Gasteiger partial charge in [0.1, 0.15) is 0 Å². The lowest BCUT2D eigenvalue weighted by Crippen LogP contribution is -2.49. The molecule has 2 atom stereocenters. The minimum atomic E-state index is -0.00283. The van der Waals surface area contributed by atoms with Crippen molar-refractivity contribution in [3.63, 3.8) is 0 Å². The molecule has 1 aromatic carbocycles. The van der Waals surface area contributed by atoms with Gasteiger partial charge in [0.25, 0.3) is 0 Å². The van der Waals surface area contributed by atoms with Crippen LogP contribution in [0.3, 0.4) is 0 Å². The van der Waals surface area contributed by atoms with Gasteiger partial charge >= 0.3 is 0 Å². The predicted octanol–water partition coefficient (Wildman–Crippen LogP) is 1.29. The number of rotatable bonds is 5. The zero-order valence-corrected chi connectivity index (χ0v) is 13.8. The van der Waals surface area contributed by atoms with Crippen LogP contribution in [0.4, 0.5) is 0 Å². The molecule has 1 fully saturated rings. The Kier molecular flexibility index (Phi) is 6.17. The molecule has 1 saturated heterocycles. The van der Waals surface area contributed by atoms with Gasteiger partial charge in [-0.15, -0.1) is 0 Å². The van der Waals surface area contributed by atoms with Crippen molar-refractivity contribution >= 4 is 21.8 Å². The molecule has 21 heavy (non-hydrogen) atoms. The molecule has 0 aromatic heterocycles. The minimum Gasteiger partial charge on any atom is -0.374 e. The van der Waals surface area contributed by atoms with Crippen molar-refractivity contribution in [1.29, 1.82) is 0 Å². The molecule has 1 aliphatic heterocycles. The van der Waals surface area contributed by atoms with Gasteiger partial charge in [0, 0.05) is 24.1 Å². The summed E-state index contributed by atoms with van der Waals surface area (Å²) >= 11 is 3.41. The fourth-order valence-corrected chi connectivity index (χ4v) is 2.66. The zero-order valence-electron chi connectivity index (χ0n) is 12.2. The van der Waals surface area contributed by atoms with E-state index < -0.39 is 0 Å². The lowest BCUT2D eigenvalue weighted by Gasteiger charge is -2.32. The maximum Gasteiger partial charge on any atom is 0.234 e. The van der Waals surface area contributed by atoms with Gasteiger partial charge in [-0.1, -0.05) is 28.1 Å². The molecule has 1 heterocycles. The Morgan fingerprint density at radius 3 is 2.90 bits per heavy atom. The first-order chi connectivity index (χ1) is 10.1. The molecular weight excluding hydrogens is 334 g/mol. The monoisotopic (exact) mass is 355 g/mol. The second kappa shape index (κ2) is 7.89. The van der Waals surface area contributed by atoms with Gasteiger partial charge in [-0.05, 0) is 24.6 Å². The topological polar surface area (TPSA) is 67.6 Å². The Labute approximate surface area is 134 Å². The Bertz CT molecular complexity index is 466. The number of carbonyl (C=O) groups is 1. The highest BCUT2D eigenvalue weighted by Gasteiger charge is 2.21. The third-order valence-corrected chi connectivity index (χ3v) is 4.13. The third-order valence-electron chi connectivity index (χ3n) is 3.60. The van der Waals surface area contributed by atoms with E-state index >= 15 is 0 Å². The van der Waals surface area contributed by atoms with Crippen molar-refractivity contribution in [2.24, 2.45) is 5.73 Å². The van der Waals surface area contributed by atoms with E-state index in [2.05, 4.69) is 26.1 Å². The highest BCUT2D eigenvalue weighted by atomic mass is 79.9. The van der Waals surface area contributed by atoms with Gasteiger partial charge < -0.3 is 15.8 Å². The average molecular weight is 356 g/mol. The van der Waals surface area contributed by atoms with Gasteiger partial charge in [0.15, 0.2) is 0 Å². The van der Waals surface area contributed by atoms with E-state index in [1.54, 1.807) is 0 Å². The second-order valence-electron chi connectivity index (χ2n) is 5.30. The summed E-state index contributed by atoms with van der Waals surface area (Å²) in [6.45, 7) is 5.00. The molecule has 0 radical (unpaired) electrons. The van der Waals surface area contributed by atoms with Crippen LogP contribution < -0.4 is 11.1 Å². The quantitative estimate of drug-likeness (QED) is 0.834. The first-order valence-electron chi connectivity index (χ1n) is 7.17. The van der Waals surface area contributed by atoms with Crippen LogP contribution >= 0.6 is 15.9 Å². The summed E-state index contributed by atoms with van der Waals surface area (Å²) < 4.78 is 6.53. The normalized spacial score (nSPS) is 21.0. The molecule has 1 amide bonds. The number of nitrogens with two attached hydrogens (primary N) is 1. The molecule has 5 nitrogen and oxygen atoms in total. The summed E-state index contributed by atoms with van der Waals surface area (Å²) in [4.78, 5) is 14.2. The number of ether oxygens (including phenoxy) is 1. The number of nitrogens with zero attached hydrogens (tertiary/aromatic N) is 1. The van der Waals surface area contributed by atoms with Crippen LogP contribution in [0.1, 0.15) is 18.5 Å². The molecular formula is C15H22BrN3O2. The van der Waals surface area contributed by atoms with Gasteiger partial charge in [0.2, 0.25) is 5.91 Å². The number of benzene rings is 1. The van der Waals surface area contributed by atoms with Crippen LogP contribution in [0.2, 0.25) is 0 Å². The van der Waals surface area contributed by atoms with Crippen LogP contribution in [0.25, 0.3) is 0 Å². The fraction of sp³-hybridized carbons (Fsp3) is 0.533. The Morgan fingerprint density at radius 1 is 1.52 bits per heavy atom. The number of morpholine rings is 1. The summed E-state index contributed by atoms with van der Waals surface area (Å²) in [6.07, 6.45) is 0.0375. The molecule has 0 aliphatic carbocycles. The van der Waals surface area contributed by atoms with Crippen LogP contribution in [0.5, 0.6) is 0 Å². The number of nitrogens with one attached hydrogen (secondary N) is 1. The third kappa shape index (κ3) is 5.07. The summed E-state index contributed by atoms with van der Waals surface area (Å²) in [5.74, 6) is 0.0306. The van der Waals surface area contributed by atoms with Crippen LogP contribution in [-0.2, 0) is 9.53 Å². The zero-order chi connectivity index (χ0) is 15.2. The minimum absolute atomic E-state index is 0.00283. The number of halogens is 1. The van der Waals surface area contributed by atoms with Crippen molar-refractivity contribution in [2.75, 3.05) is 32.8 Å². The highest BCUT2D eigenvalue weighted by Crippen LogP contribution is 2.16. The first-order valence-corrected chi connectivity index (χ1v) is 7.96. The Balaban J connectivity index is 1.82. The van der Waals surface area contributed by atoms with E-state index in [-0.39, 0.29) is 18.1 Å². The van der Waals surface area contributed by atoms with Crippen LogP contribution in [0.15, 0.2) is 28.7 Å². The largest absolute Gasteiger partial charge is 0.374 e. The second-order valence-corrected chi connectivity index (χ2v) is 6.22. The van der Waals surface area contributed by atoms with E-state index in [1.807, 2.05) is 31.2 Å². The predicted molar refractivity (Wildman–Crippen MR) is 85.9 cm³/mol. The molecule has 0 spiro atoms. The number of amides is 1. The molecule has 2 unspecified atom stereocenters. The maximum absolute atomic E-state index is 12.1. The molecule has 1 aromatic rings. The van der Waals surface area contributed by atoms with Crippen molar-refractivity contribution in [3.05, 3.63) is 34.3 Å². The SMILES string of the molecule is CC(NC(=O)CN1CCOC(CN)C1)c1ccc(Br)cc1.